The first kappa shape index (κ1) is 19.8. The third-order valence-corrected chi connectivity index (χ3v) is 5.02. The lowest BCUT2D eigenvalue weighted by Crippen LogP contribution is -2.33. The highest BCUT2D eigenvalue weighted by Gasteiger charge is 2.19. The number of hydrogen-bond donors (Lipinski definition) is 0. The number of benzene rings is 1. The Morgan fingerprint density at radius 3 is 2.50 bits per heavy atom. The Labute approximate surface area is 169 Å². The van der Waals surface area contributed by atoms with E-state index in [-0.39, 0.29) is 5.91 Å². The zero-order valence-corrected chi connectivity index (χ0v) is 16.9. The molecule has 0 aliphatic carbocycles. The molecule has 2 heterocycles. The van der Waals surface area contributed by atoms with Gasteiger partial charge in [0.15, 0.2) is 11.0 Å². The van der Waals surface area contributed by atoms with Crippen molar-refractivity contribution in [2.45, 2.75) is 19.0 Å². The van der Waals surface area contributed by atoms with Crippen LogP contribution in [0.25, 0.3) is 17.1 Å². The molecule has 0 aliphatic heterocycles. The topological polar surface area (TPSA) is 63.9 Å². The molecule has 144 valence electrons. The Hall–Kier alpha value is -2.93. The molecular weight excluding hydrogens is 370 g/mol. The van der Waals surface area contributed by atoms with Crippen LogP contribution in [0.2, 0.25) is 0 Å². The van der Waals surface area contributed by atoms with Crippen molar-refractivity contribution in [2.75, 3.05) is 18.8 Å². The van der Waals surface area contributed by atoms with Crippen LogP contribution in [0.15, 0.2) is 72.2 Å². The molecule has 7 heteroatoms. The molecule has 0 fully saturated rings. The Morgan fingerprint density at radius 2 is 1.86 bits per heavy atom. The molecule has 0 unspecified atom stereocenters. The minimum absolute atomic E-state index is 0.0589. The van der Waals surface area contributed by atoms with E-state index in [2.05, 4.69) is 21.8 Å². The van der Waals surface area contributed by atoms with E-state index in [4.69, 9.17) is 0 Å². The number of amides is 1. The highest BCUT2D eigenvalue weighted by molar-refractivity contribution is 7.99. The van der Waals surface area contributed by atoms with Crippen LogP contribution >= 0.6 is 11.8 Å². The van der Waals surface area contributed by atoms with Gasteiger partial charge in [0.1, 0.15) is 0 Å². The van der Waals surface area contributed by atoms with E-state index < -0.39 is 0 Å². The summed E-state index contributed by atoms with van der Waals surface area (Å²) in [7, 11) is 0. The van der Waals surface area contributed by atoms with Gasteiger partial charge in [0.2, 0.25) is 5.91 Å². The molecule has 28 heavy (non-hydrogen) atoms. The van der Waals surface area contributed by atoms with Gasteiger partial charge < -0.3 is 4.90 Å². The van der Waals surface area contributed by atoms with E-state index in [0.717, 1.165) is 22.6 Å². The van der Waals surface area contributed by atoms with Crippen LogP contribution < -0.4 is 0 Å². The van der Waals surface area contributed by atoms with E-state index in [1.807, 2.05) is 60.9 Å². The summed E-state index contributed by atoms with van der Waals surface area (Å²) in [6, 6.07) is 13.7. The van der Waals surface area contributed by atoms with E-state index in [0.29, 0.717) is 24.0 Å². The molecule has 0 saturated heterocycles. The maximum atomic E-state index is 12.6. The van der Waals surface area contributed by atoms with Crippen molar-refractivity contribution in [1.82, 2.24) is 24.6 Å². The molecule has 0 radical (unpaired) electrons. The summed E-state index contributed by atoms with van der Waals surface area (Å²) in [5, 5.41) is 9.41. The van der Waals surface area contributed by atoms with Crippen LogP contribution in [0.3, 0.4) is 0 Å². The van der Waals surface area contributed by atoms with Crippen LogP contribution in [0.4, 0.5) is 0 Å². The molecular formula is C21H23N5OS. The van der Waals surface area contributed by atoms with Gasteiger partial charge in [0, 0.05) is 36.7 Å². The average Bonchev–Trinajstić information content (AvgIpc) is 3.15. The van der Waals surface area contributed by atoms with Crippen molar-refractivity contribution in [3.05, 3.63) is 67.0 Å². The molecule has 0 saturated carbocycles. The van der Waals surface area contributed by atoms with E-state index >= 15 is 0 Å². The number of para-hydroxylation sites is 1. The van der Waals surface area contributed by atoms with Crippen molar-refractivity contribution in [1.29, 1.82) is 0 Å². The molecule has 3 rings (SSSR count). The Morgan fingerprint density at radius 1 is 1.14 bits per heavy atom. The predicted molar refractivity (Wildman–Crippen MR) is 112 cm³/mol. The lowest BCUT2D eigenvalue weighted by molar-refractivity contribution is -0.127. The lowest BCUT2D eigenvalue weighted by atomic mass is 10.2. The molecule has 0 atom stereocenters. The minimum Gasteiger partial charge on any atom is -0.338 e. The largest absolute Gasteiger partial charge is 0.338 e. The summed E-state index contributed by atoms with van der Waals surface area (Å²) >= 11 is 1.39. The fourth-order valence-electron chi connectivity index (χ4n) is 2.78. The van der Waals surface area contributed by atoms with Crippen molar-refractivity contribution in [3.8, 4) is 17.1 Å². The minimum atomic E-state index is 0.0589. The molecule has 1 aromatic carbocycles. The molecule has 0 aliphatic rings. The zero-order chi connectivity index (χ0) is 19.9. The highest BCUT2D eigenvalue weighted by Crippen LogP contribution is 2.27. The number of carbonyl (C=O) groups is 1. The molecule has 3 aromatic rings. The van der Waals surface area contributed by atoms with Gasteiger partial charge in [-0.1, -0.05) is 42.1 Å². The summed E-state index contributed by atoms with van der Waals surface area (Å²) in [4.78, 5) is 18.5. The third-order valence-electron chi connectivity index (χ3n) is 4.11. The second kappa shape index (κ2) is 9.32. The molecule has 1 amide bonds. The smallest absolute Gasteiger partial charge is 0.233 e. The Balaban J connectivity index is 1.88. The fourth-order valence-corrected chi connectivity index (χ4v) is 3.64. The predicted octanol–water partition coefficient (Wildman–Crippen LogP) is 3.85. The van der Waals surface area contributed by atoms with Crippen molar-refractivity contribution in [2.24, 2.45) is 0 Å². The maximum absolute atomic E-state index is 12.6. The van der Waals surface area contributed by atoms with Crippen LogP contribution in [0.1, 0.15) is 13.8 Å². The van der Waals surface area contributed by atoms with Gasteiger partial charge in [-0.05, 0) is 38.1 Å². The number of nitrogens with zero attached hydrogens (tertiary/aromatic N) is 5. The monoisotopic (exact) mass is 393 g/mol. The van der Waals surface area contributed by atoms with E-state index in [1.54, 1.807) is 17.3 Å². The number of hydrogen-bond acceptors (Lipinski definition) is 5. The second-order valence-electron chi connectivity index (χ2n) is 6.37. The lowest BCUT2D eigenvalue weighted by Gasteiger charge is -2.20. The van der Waals surface area contributed by atoms with Crippen molar-refractivity contribution >= 4 is 17.7 Å². The van der Waals surface area contributed by atoms with Crippen LogP contribution in [0, 0.1) is 0 Å². The number of thioether (sulfide) groups is 1. The summed E-state index contributed by atoms with van der Waals surface area (Å²) < 4.78 is 1.97. The van der Waals surface area contributed by atoms with E-state index in [1.165, 1.54) is 11.8 Å². The first-order chi connectivity index (χ1) is 13.6. The van der Waals surface area contributed by atoms with Gasteiger partial charge in [-0.15, -0.1) is 10.2 Å². The SMILES string of the molecule is C=C(C)CN(CC)C(=O)CSc1nnc(-c2ccncc2)n1-c1ccccc1. The van der Waals surface area contributed by atoms with Gasteiger partial charge >= 0.3 is 0 Å². The maximum Gasteiger partial charge on any atom is 0.233 e. The van der Waals surface area contributed by atoms with Crippen LogP contribution in [0.5, 0.6) is 0 Å². The van der Waals surface area contributed by atoms with Crippen molar-refractivity contribution < 1.29 is 4.79 Å². The van der Waals surface area contributed by atoms with Gasteiger partial charge in [0.05, 0.1) is 5.75 Å². The van der Waals surface area contributed by atoms with Gasteiger partial charge in [0.25, 0.3) is 0 Å². The Kier molecular flexibility index (Phi) is 6.60. The second-order valence-corrected chi connectivity index (χ2v) is 7.31. The average molecular weight is 394 g/mol. The number of aromatic nitrogens is 4. The first-order valence-corrected chi connectivity index (χ1v) is 10.0. The zero-order valence-electron chi connectivity index (χ0n) is 16.1. The van der Waals surface area contributed by atoms with Gasteiger partial charge in [-0.25, -0.2) is 0 Å². The standard InChI is InChI=1S/C21H23N5OS/c1-4-25(14-16(2)3)19(27)15-28-21-24-23-20(17-10-12-22-13-11-17)26(21)18-8-6-5-7-9-18/h5-13H,2,4,14-15H2,1,3H3. The summed E-state index contributed by atoms with van der Waals surface area (Å²) in [6.45, 7) is 9.03. The van der Waals surface area contributed by atoms with Gasteiger partial charge in [-0.2, -0.15) is 0 Å². The summed E-state index contributed by atoms with van der Waals surface area (Å²) in [5.41, 5.74) is 2.83. The molecule has 0 spiro atoms. The van der Waals surface area contributed by atoms with Gasteiger partial charge in [-0.3, -0.25) is 14.3 Å². The number of pyridine rings is 1. The molecule has 2 aromatic heterocycles. The highest BCUT2D eigenvalue weighted by atomic mass is 32.2. The summed E-state index contributed by atoms with van der Waals surface area (Å²) in [6.07, 6.45) is 3.46. The summed E-state index contributed by atoms with van der Waals surface area (Å²) in [5.74, 6) is 1.07. The molecule has 0 bridgehead atoms. The Bertz CT molecular complexity index is 940. The normalized spacial score (nSPS) is 10.6. The van der Waals surface area contributed by atoms with E-state index in [9.17, 15) is 4.79 Å². The number of likely N-dealkylation sites (N-methyl/N-ethyl adjacent to an activating group) is 1. The van der Waals surface area contributed by atoms with Crippen molar-refractivity contribution in [3.63, 3.8) is 0 Å². The van der Waals surface area contributed by atoms with Crippen LogP contribution in [-0.4, -0.2) is 49.4 Å². The van der Waals surface area contributed by atoms with Crippen LogP contribution in [-0.2, 0) is 4.79 Å². The number of carbonyl (C=O) groups excluding carboxylic acids is 1. The quantitative estimate of drug-likeness (QED) is 0.430. The molecule has 0 N–H and O–H groups in total. The third kappa shape index (κ3) is 4.67. The first-order valence-electron chi connectivity index (χ1n) is 9.06. The fraction of sp³-hybridized carbons (Fsp3) is 0.238. The number of rotatable bonds is 8. The molecule has 6 nitrogen and oxygen atoms in total.